The van der Waals surface area contributed by atoms with E-state index in [0.717, 1.165) is 13.1 Å². The Balaban J connectivity index is 1.98. The van der Waals surface area contributed by atoms with E-state index in [2.05, 4.69) is 4.90 Å². The minimum absolute atomic E-state index is 0.0103. The molecule has 1 N–H and O–H groups in total. The number of hydrogen-bond acceptors (Lipinski definition) is 5. The van der Waals surface area contributed by atoms with Crippen LogP contribution in [0.15, 0.2) is 30.3 Å². The van der Waals surface area contributed by atoms with Crippen LogP contribution in [0.4, 0.5) is 0 Å². The van der Waals surface area contributed by atoms with Gasteiger partial charge in [0.1, 0.15) is 0 Å². The molecule has 1 saturated heterocycles. The summed E-state index contributed by atoms with van der Waals surface area (Å²) in [5.74, 6) is -0.0103. The molecule has 6 nitrogen and oxygen atoms in total. The highest BCUT2D eigenvalue weighted by molar-refractivity contribution is 5.94. The maximum atomic E-state index is 12.7. The average Bonchev–Trinajstić information content (AvgIpc) is 2.58. The molecule has 2 rings (SSSR count). The van der Waals surface area contributed by atoms with Gasteiger partial charge in [0.2, 0.25) is 0 Å². The number of carbonyl (C=O) groups is 1. The Labute approximate surface area is 144 Å². The minimum Gasteiger partial charge on any atom is -0.392 e. The van der Waals surface area contributed by atoms with Crippen LogP contribution < -0.4 is 0 Å². The third-order valence-corrected chi connectivity index (χ3v) is 4.04. The molecule has 0 bridgehead atoms. The van der Waals surface area contributed by atoms with Crippen molar-refractivity contribution in [3.63, 3.8) is 0 Å². The number of methoxy groups -OCH3 is 1. The van der Waals surface area contributed by atoms with Crippen molar-refractivity contribution < 1.29 is 19.4 Å². The van der Waals surface area contributed by atoms with Crippen molar-refractivity contribution >= 4 is 5.91 Å². The maximum Gasteiger partial charge on any atom is 0.254 e. The number of aliphatic hydroxyl groups is 1. The average molecular weight is 336 g/mol. The molecule has 0 aromatic heterocycles. The van der Waals surface area contributed by atoms with Gasteiger partial charge in [-0.05, 0) is 19.1 Å². The van der Waals surface area contributed by atoms with Gasteiger partial charge in [0, 0.05) is 45.4 Å². The van der Waals surface area contributed by atoms with Gasteiger partial charge in [0.15, 0.2) is 0 Å². The quantitative estimate of drug-likeness (QED) is 0.763. The first-order valence-corrected chi connectivity index (χ1v) is 8.45. The standard InChI is InChI=1S/C18H28N2O4/c1-15(21)12-19-8-11-24-17(13-19)14-20(9-10-23-2)18(22)16-6-4-3-5-7-16/h3-7,15,17,21H,8-14H2,1-2H3/t15-,17+/m0/s1. The second-order valence-electron chi connectivity index (χ2n) is 6.21. The number of nitrogens with zero attached hydrogens (tertiary/aromatic N) is 2. The molecule has 1 heterocycles. The van der Waals surface area contributed by atoms with Gasteiger partial charge in [-0.2, -0.15) is 0 Å². The first-order chi connectivity index (χ1) is 11.6. The maximum absolute atomic E-state index is 12.7. The summed E-state index contributed by atoms with van der Waals surface area (Å²) in [4.78, 5) is 16.7. The number of benzene rings is 1. The molecule has 1 amide bonds. The molecule has 0 unspecified atom stereocenters. The first kappa shape index (κ1) is 18.9. The van der Waals surface area contributed by atoms with Gasteiger partial charge in [-0.25, -0.2) is 0 Å². The lowest BCUT2D eigenvalue weighted by atomic mass is 10.1. The van der Waals surface area contributed by atoms with E-state index in [0.29, 0.717) is 38.4 Å². The highest BCUT2D eigenvalue weighted by Gasteiger charge is 2.25. The van der Waals surface area contributed by atoms with Gasteiger partial charge in [0.25, 0.3) is 5.91 Å². The van der Waals surface area contributed by atoms with Gasteiger partial charge in [-0.1, -0.05) is 18.2 Å². The molecule has 1 aromatic carbocycles. The topological polar surface area (TPSA) is 62.2 Å². The van der Waals surface area contributed by atoms with E-state index in [1.165, 1.54) is 0 Å². The Morgan fingerprint density at radius 2 is 2.21 bits per heavy atom. The Morgan fingerprint density at radius 3 is 2.88 bits per heavy atom. The Hall–Kier alpha value is -1.47. The largest absolute Gasteiger partial charge is 0.392 e. The third kappa shape index (κ3) is 5.87. The molecular weight excluding hydrogens is 308 g/mol. The number of hydrogen-bond donors (Lipinski definition) is 1. The number of carbonyl (C=O) groups excluding carboxylic acids is 1. The van der Waals surface area contributed by atoms with Crippen molar-refractivity contribution in [1.29, 1.82) is 0 Å². The molecule has 0 saturated carbocycles. The van der Waals surface area contributed by atoms with Crippen LogP contribution in [0.1, 0.15) is 17.3 Å². The molecule has 24 heavy (non-hydrogen) atoms. The lowest BCUT2D eigenvalue weighted by molar-refractivity contribution is -0.0503. The molecular formula is C18H28N2O4. The number of aliphatic hydroxyl groups excluding tert-OH is 1. The fourth-order valence-corrected chi connectivity index (χ4v) is 2.92. The highest BCUT2D eigenvalue weighted by Crippen LogP contribution is 2.11. The van der Waals surface area contributed by atoms with E-state index in [1.807, 2.05) is 30.3 Å². The summed E-state index contributed by atoms with van der Waals surface area (Å²) < 4.78 is 11.0. The Kier molecular flexibility index (Phi) is 7.65. The van der Waals surface area contributed by atoms with Crippen LogP contribution in [-0.2, 0) is 9.47 Å². The van der Waals surface area contributed by atoms with Crippen LogP contribution in [-0.4, -0.2) is 86.1 Å². The molecule has 1 aromatic rings. The molecule has 1 fully saturated rings. The van der Waals surface area contributed by atoms with Gasteiger partial charge in [-0.3, -0.25) is 9.69 Å². The lowest BCUT2D eigenvalue weighted by Gasteiger charge is -2.36. The molecule has 0 spiro atoms. The number of amides is 1. The smallest absolute Gasteiger partial charge is 0.254 e. The lowest BCUT2D eigenvalue weighted by Crippen LogP contribution is -2.50. The molecule has 6 heteroatoms. The molecule has 0 aliphatic carbocycles. The van der Waals surface area contributed by atoms with Crippen LogP contribution in [0.25, 0.3) is 0 Å². The third-order valence-electron chi connectivity index (χ3n) is 4.04. The summed E-state index contributed by atoms with van der Waals surface area (Å²) in [6, 6.07) is 9.27. The van der Waals surface area contributed by atoms with E-state index in [4.69, 9.17) is 9.47 Å². The number of ether oxygens (including phenoxy) is 2. The van der Waals surface area contributed by atoms with Crippen LogP contribution in [0.5, 0.6) is 0 Å². The van der Waals surface area contributed by atoms with Crippen LogP contribution >= 0.6 is 0 Å². The Bertz CT molecular complexity index is 495. The molecule has 1 aliphatic heterocycles. The normalized spacial score (nSPS) is 19.9. The SMILES string of the molecule is COCCN(C[C@H]1CN(C[C@H](C)O)CCO1)C(=O)c1ccccc1. The summed E-state index contributed by atoms with van der Waals surface area (Å²) >= 11 is 0. The fourth-order valence-electron chi connectivity index (χ4n) is 2.92. The van der Waals surface area contributed by atoms with Crippen molar-refractivity contribution in [2.24, 2.45) is 0 Å². The van der Waals surface area contributed by atoms with E-state index >= 15 is 0 Å². The molecule has 2 atom stereocenters. The minimum atomic E-state index is -0.362. The van der Waals surface area contributed by atoms with E-state index < -0.39 is 0 Å². The van der Waals surface area contributed by atoms with Crippen LogP contribution in [0, 0.1) is 0 Å². The monoisotopic (exact) mass is 336 g/mol. The summed E-state index contributed by atoms with van der Waals surface area (Å²) in [7, 11) is 1.63. The van der Waals surface area contributed by atoms with Crippen LogP contribution in [0.2, 0.25) is 0 Å². The Morgan fingerprint density at radius 1 is 1.46 bits per heavy atom. The van der Waals surface area contributed by atoms with Gasteiger partial charge in [0.05, 0.1) is 25.4 Å². The zero-order chi connectivity index (χ0) is 17.4. The summed E-state index contributed by atoms with van der Waals surface area (Å²) in [6.07, 6.45) is -0.415. The van der Waals surface area contributed by atoms with Gasteiger partial charge < -0.3 is 19.5 Å². The van der Waals surface area contributed by atoms with Crippen molar-refractivity contribution in [1.82, 2.24) is 9.80 Å². The summed E-state index contributed by atoms with van der Waals surface area (Å²) in [5.41, 5.74) is 0.672. The molecule has 1 aliphatic rings. The summed E-state index contributed by atoms with van der Waals surface area (Å²) in [5, 5.41) is 9.56. The van der Waals surface area contributed by atoms with Crippen molar-refractivity contribution in [2.75, 3.05) is 53.0 Å². The van der Waals surface area contributed by atoms with E-state index in [1.54, 1.807) is 18.9 Å². The second-order valence-corrected chi connectivity index (χ2v) is 6.21. The molecule has 134 valence electrons. The predicted octanol–water partition coefficient (Wildman–Crippen LogP) is 0.857. The summed E-state index contributed by atoms with van der Waals surface area (Å²) in [6.45, 7) is 6.10. The predicted molar refractivity (Wildman–Crippen MR) is 92.1 cm³/mol. The van der Waals surface area contributed by atoms with Crippen molar-refractivity contribution in [2.45, 2.75) is 19.1 Å². The van der Waals surface area contributed by atoms with Crippen molar-refractivity contribution in [3.05, 3.63) is 35.9 Å². The van der Waals surface area contributed by atoms with Crippen LogP contribution in [0.3, 0.4) is 0 Å². The van der Waals surface area contributed by atoms with E-state index in [9.17, 15) is 9.90 Å². The highest BCUT2D eigenvalue weighted by atomic mass is 16.5. The number of β-amino-alcohol motifs (C(OH)–C–C–N with tert-alkyl or cyclic N) is 1. The van der Waals surface area contributed by atoms with Crippen molar-refractivity contribution in [3.8, 4) is 0 Å². The van der Waals surface area contributed by atoms with Gasteiger partial charge >= 0.3 is 0 Å². The van der Waals surface area contributed by atoms with E-state index in [-0.39, 0.29) is 18.1 Å². The fraction of sp³-hybridized carbons (Fsp3) is 0.611. The number of rotatable bonds is 8. The first-order valence-electron chi connectivity index (χ1n) is 8.45. The van der Waals surface area contributed by atoms with Gasteiger partial charge in [-0.15, -0.1) is 0 Å². The second kappa shape index (κ2) is 9.74. The zero-order valence-electron chi connectivity index (χ0n) is 14.6. The zero-order valence-corrected chi connectivity index (χ0v) is 14.6. The molecule has 0 radical (unpaired) electrons. The number of morpholine rings is 1.